The molecule has 7 nitrogen and oxygen atoms in total. The van der Waals surface area contributed by atoms with Crippen molar-refractivity contribution >= 4 is 30.9 Å². The summed E-state index contributed by atoms with van der Waals surface area (Å²) < 4.78 is 38.4. The molecule has 61 heavy (non-hydrogen) atoms. The zero-order chi connectivity index (χ0) is 47.2. The summed E-state index contributed by atoms with van der Waals surface area (Å²) in [6.45, 7) is 51.6. The van der Waals surface area contributed by atoms with Gasteiger partial charge < -0.3 is 27.5 Å². The number of allylic oxidation sites excluding steroid dienone is 1. The van der Waals surface area contributed by atoms with Gasteiger partial charge in [-0.3, -0.25) is 0 Å². The normalized spacial score (nSPS) is 16.7. The smallest absolute Gasteiger partial charge is 0.384 e. The van der Waals surface area contributed by atoms with E-state index in [2.05, 4.69) is 160 Å². The Morgan fingerprint density at radius 2 is 1.33 bits per heavy atom. The highest BCUT2D eigenvalue weighted by molar-refractivity contribution is 6.75. The fourth-order valence-electron chi connectivity index (χ4n) is 5.76. The molecule has 0 fully saturated rings. The lowest BCUT2D eigenvalue weighted by Crippen LogP contribution is -2.45. The molecule has 0 amide bonds. The van der Waals surface area contributed by atoms with Gasteiger partial charge in [-0.25, -0.2) is 4.79 Å². The molecule has 0 radical (unpaired) electrons. The third-order valence-electron chi connectivity index (χ3n) is 13.6. The van der Waals surface area contributed by atoms with Crippen LogP contribution in [0.1, 0.15) is 121 Å². The first-order valence-corrected chi connectivity index (χ1v) is 31.4. The maximum absolute atomic E-state index is 13.5. The summed E-state index contributed by atoms with van der Waals surface area (Å²) in [5, 5.41) is 0.200. The van der Waals surface area contributed by atoms with Crippen LogP contribution in [-0.2, 0) is 34.2 Å². The lowest BCUT2D eigenvalue weighted by Gasteiger charge is -2.40. The van der Waals surface area contributed by atoms with Gasteiger partial charge in [-0.15, -0.1) is 6.58 Å². The number of carbonyl (C=O) groups excluding carboxylic acids is 1. The molecule has 0 saturated heterocycles. The fourth-order valence-corrected chi connectivity index (χ4v) is 9.59. The van der Waals surface area contributed by atoms with E-state index in [1.807, 2.05) is 37.3 Å². The molecule has 0 unspecified atom stereocenters. The Balaban J connectivity index is 3.36. The number of rotatable bonds is 24. The number of hydrogen-bond acceptors (Lipinski definition) is 7. The quantitative estimate of drug-likeness (QED) is 0.0336. The van der Waals surface area contributed by atoms with Gasteiger partial charge in [0.2, 0.25) is 0 Å². The van der Waals surface area contributed by atoms with Crippen LogP contribution >= 0.6 is 0 Å². The molecule has 10 heteroatoms. The highest BCUT2D eigenvalue weighted by Crippen LogP contribution is 2.40. The first-order valence-electron chi connectivity index (χ1n) is 22.7. The molecule has 0 spiro atoms. The van der Waals surface area contributed by atoms with Gasteiger partial charge in [-0.05, 0) is 123 Å². The van der Waals surface area contributed by atoms with Gasteiger partial charge in [0, 0.05) is 17.9 Å². The van der Waals surface area contributed by atoms with Gasteiger partial charge in [0.1, 0.15) is 11.9 Å². The van der Waals surface area contributed by atoms with Crippen LogP contribution in [0.5, 0.6) is 5.75 Å². The van der Waals surface area contributed by atoms with E-state index in [1.54, 1.807) is 7.11 Å². The second-order valence-electron chi connectivity index (χ2n) is 22.1. The predicted octanol–water partition coefficient (Wildman–Crippen LogP) is 14.1. The van der Waals surface area contributed by atoms with E-state index >= 15 is 0 Å². The van der Waals surface area contributed by atoms with E-state index in [0.29, 0.717) is 32.5 Å². The van der Waals surface area contributed by atoms with Crippen LogP contribution in [0.4, 0.5) is 0 Å². The topological polar surface area (TPSA) is 72.5 Å². The summed E-state index contributed by atoms with van der Waals surface area (Å²) in [6, 6.07) is 7.97. The third kappa shape index (κ3) is 19.6. The summed E-state index contributed by atoms with van der Waals surface area (Å²) in [7, 11) is -4.47. The summed E-state index contributed by atoms with van der Waals surface area (Å²) in [5.41, 5.74) is 2.08. The predicted molar refractivity (Wildman–Crippen MR) is 267 cm³/mol. The van der Waals surface area contributed by atoms with E-state index in [0.717, 1.165) is 23.3 Å². The molecule has 0 aliphatic carbocycles. The van der Waals surface area contributed by atoms with Gasteiger partial charge in [0.15, 0.2) is 25.0 Å². The second kappa shape index (κ2) is 24.2. The lowest BCUT2D eigenvalue weighted by molar-refractivity contribution is -0.145. The first-order chi connectivity index (χ1) is 27.8. The molecule has 0 N–H and O–H groups in total. The number of methoxy groups -OCH3 is 1. The van der Waals surface area contributed by atoms with Crippen LogP contribution in [0.3, 0.4) is 0 Å². The van der Waals surface area contributed by atoms with Crippen LogP contribution in [0.15, 0.2) is 61.2 Å². The molecule has 0 aliphatic rings. The summed E-state index contributed by atoms with van der Waals surface area (Å²) in [4.78, 5) is 13.5. The average molecular weight is 900 g/mol. The van der Waals surface area contributed by atoms with E-state index in [4.69, 9.17) is 27.5 Å². The number of carbonyl (C=O) groups is 1. The minimum absolute atomic E-state index is 0.0201. The molecule has 348 valence electrons. The molecule has 0 bridgehead atoms. The van der Waals surface area contributed by atoms with E-state index in [1.165, 1.54) is 0 Å². The maximum atomic E-state index is 13.5. The zero-order valence-corrected chi connectivity index (χ0v) is 45.6. The summed E-state index contributed by atoms with van der Waals surface area (Å²) in [6.07, 6.45) is 8.14. The van der Waals surface area contributed by atoms with Crippen molar-refractivity contribution in [3.05, 3.63) is 66.8 Å². The van der Waals surface area contributed by atoms with Crippen molar-refractivity contribution in [2.24, 2.45) is 17.8 Å². The SMILES string of the molecule is C=CC[C@@H](C)[C@H](C[C@@H](C)[C@H](C)O[Si](C)(C)C(C)(C)C)OC(=O)C#C[C@H](C)[C@H](/C=C/C[C@@H](CC(=C)CO[Si](C)(C)C(C)(C)C)OCc1ccc(OC)cc1)O[Si](C)(C)C(C)(C)C. The van der Waals surface area contributed by atoms with Crippen LogP contribution in [0.2, 0.25) is 54.4 Å². The molecule has 7 atom stereocenters. The van der Waals surface area contributed by atoms with Crippen molar-refractivity contribution in [1.29, 1.82) is 0 Å². The molecule has 1 aromatic carbocycles. The van der Waals surface area contributed by atoms with Crippen molar-refractivity contribution in [2.75, 3.05) is 13.7 Å². The third-order valence-corrected chi connectivity index (χ3v) is 27.1. The van der Waals surface area contributed by atoms with Crippen molar-refractivity contribution < 1.29 is 32.3 Å². The van der Waals surface area contributed by atoms with Crippen molar-refractivity contribution in [3.8, 4) is 17.6 Å². The maximum Gasteiger partial charge on any atom is 0.384 e. The fraction of sp³-hybridized carbons (Fsp3) is 0.706. The number of hydrogen-bond donors (Lipinski definition) is 0. The zero-order valence-electron chi connectivity index (χ0n) is 42.6. The molecular weight excluding hydrogens is 809 g/mol. The number of ether oxygens (including phenoxy) is 3. The van der Waals surface area contributed by atoms with E-state index in [-0.39, 0.29) is 57.3 Å². The van der Waals surface area contributed by atoms with Crippen molar-refractivity contribution in [3.63, 3.8) is 0 Å². The van der Waals surface area contributed by atoms with Gasteiger partial charge in [-0.1, -0.05) is 125 Å². The van der Waals surface area contributed by atoms with Gasteiger partial charge in [0.05, 0.1) is 32.5 Å². The highest BCUT2D eigenvalue weighted by atomic mass is 28.4. The van der Waals surface area contributed by atoms with Crippen LogP contribution in [0, 0.1) is 29.6 Å². The molecule has 0 aliphatic heterocycles. The molecule has 1 rings (SSSR count). The summed E-state index contributed by atoms with van der Waals surface area (Å²) in [5.74, 6) is 6.41. The minimum atomic E-state index is -2.23. The Bertz CT molecular complexity index is 1600. The molecule has 0 aromatic heterocycles. The molecular formula is C51H90O7Si3. The van der Waals surface area contributed by atoms with Crippen LogP contribution < -0.4 is 4.74 Å². The number of benzene rings is 1. The van der Waals surface area contributed by atoms with Crippen LogP contribution in [-0.4, -0.2) is 69.1 Å². The Hall–Kier alpha value is -2.24. The standard InChI is InChI=1S/C51H90O7Si3/c1-23-25-39(3)47(35-41(5)42(6)57-60(19,20)50(10,11)12)56-48(52)33-28-40(4)46(58-61(21,22)51(13,14)15)27-24-26-45(54-37-43-29-31-44(53-16)32-30-43)34-38(2)36-55-59(17,18)49(7,8)9/h23-24,27,29-32,39-42,45-47H,1-2,25-26,34-37H2,3-22H3/b27-24+/t39-,40+,41-,42+,45+,46+,47+/m1/s1. The average Bonchev–Trinajstić information content (AvgIpc) is 3.13. The van der Waals surface area contributed by atoms with Crippen molar-refractivity contribution in [1.82, 2.24) is 0 Å². The Kier molecular flexibility index (Phi) is 22.5. The lowest BCUT2D eigenvalue weighted by atomic mass is 9.90. The van der Waals surface area contributed by atoms with Gasteiger partial charge in [-0.2, -0.15) is 0 Å². The van der Waals surface area contributed by atoms with Crippen molar-refractivity contribution in [2.45, 2.75) is 201 Å². The minimum Gasteiger partial charge on any atom is -0.497 e. The largest absolute Gasteiger partial charge is 0.497 e. The van der Waals surface area contributed by atoms with Gasteiger partial charge in [0.25, 0.3) is 0 Å². The Labute approximate surface area is 378 Å². The second-order valence-corrected chi connectivity index (χ2v) is 36.4. The Morgan fingerprint density at radius 3 is 1.84 bits per heavy atom. The van der Waals surface area contributed by atoms with Crippen LogP contribution in [0.25, 0.3) is 0 Å². The van der Waals surface area contributed by atoms with E-state index < -0.39 is 30.9 Å². The molecule has 1 aromatic rings. The monoisotopic (exact) mass is 899 g/mol. The summed E-state index contributed by atoms with van der Waals surface area (Å²) >= 11 is 0. The molecule has 0 heterocycles. The first kappa shape index (κ1) is 56.8. The molecule has 0 saturated carbocycles. The Morgan fingerprint density at radius 1 is 0.787 bits per heavy atom. The van der Waals surface area contributed by atoms with E-state index in [9.17, 15) is 4.79 Å². The number of esters is 1. The highest BCUT2D eigenvalue weighted by Gasteiger charge is 2.41. The van der Waals surface area contributed by atoms with Gasteiger partial charge >= 0.3 is 5.97 Å².